The first kappa shape index (κ1) is 17.3. The maximum absolute atomic E-state index is 12.0. The highest BCUT2D eigenvalue weighted by Gasteiger charge is 2.43. The summed E-state index contributed by atoms with van der Waals surface area (Å²) in [5, 5.41) is 37.9. The van der Waals surface area contributed by atoms with Gasteiger partial charge in [-0.3, -0.25) is 4.18 Å². The number of aliphatic hydroxyl groups is 4. The molecule has 1 fully saturated rings. The Morgan fingerprint density at radius 1 is 1.05 bits per heavy atom. The second-order valence-corrected chi connectivity index (χ2v) is 6.70. The van der Waals surface area contributed by atoms with Crippen LogP contribution in [0.4, 0.5) is 0 Å². The minimum Gasteiger partial charge on any atom is -0.387 e. The average molecular weight is 334 g/mol. The van der Waals surface area contributed by atoms with Crippen LogP contribution in [0.1, 0.15) is 5.56 Å². The normalized spacial score (nSPS) is 32.9. The lowest BCUT2D eigenvalue weighted by Gasteiger charge is -2.37. The lowest BCUT2D eigenvalue weighted by atomic mass is 10.00. The van der Waals surface area contributed by atoms with Crippen LogP contribution in [-0.4, -0.2) is 66.2 Å². The van der Waals surface area contributed by atoms with Gasteiger partial charge in [-0.05, 0) is 19.1 Å². The highest BCUT2D eigenvalue weighted by molar-refractivity contribution is 7.86. The first-order valence-electron chi connectivity index (χ1n) is 6.56. The van der Waals surface area contributed by atoms with Crippen molar-refractivity contribution in [3.63, 3.8) is 0 Å². The number of benzene rings is 1. The Morgan fingerprint density at radius 3 is 2.23 bits per heavy atom. The van der Waals surface area contributed by atoms with Crippen molar-refractivity contribution >= 4 is 10.1 Å². The van der Waals surface area contributed by atoms with Crippen molar-refractivity contribution in [3.8, 4) is 0 Å². The molecule has 1 aromatic carbocycles. The maximum atomic E-state index is 12.0. The van der Waals surface area contributed by atoms with Crippen LogP contribution in [0.5, 0.6) is 0 Å². The van der Waals surface area contributed by atoms with Crippen molar-refractivity contribution in [2.24, 2.45) is 0 Å². The van der Waals surface area contributed by atoms with Crippen LogP contribution in [0.15, 0.2) is 29.2 Å². The van der Waals surface area contributed by atoms with Crippen LogP contribution in [-0.2, 0) is 19.0 Å². The topological polar surface area (TPSA) is 134 Å². The van der Waals surface area contributed by atoms with Gasteiger partial charge in [-0.1, -0.05) is 17.7 Å². The Bertz CT molecular complexity index is 599. The summed E-state index contributed by atoms with van der Waals surface area (Å²) in [6.45, 7) is 1.19. The first-order valence-corrected chi connectivity index (χ1v) is 7.97. The molecule has 5 atom stereocenters. The van der Waals surface area contributed by atoms with Gasteiger partial charge in [0.2, 0.25) is 0 Å². The van der Waals surface area contributed by atoms with E-state index in [0.717, 1.165) is 5.56 Å². The molecule has 0 spiro atoms. The molecule has 2 rings (SSSR count). The first-order chi connectivity index (χ1) is 10.2. The molecule has 0 bridgehead atoms. The fraction of sp³-hybridized carbons (Fsp3) is 0.538. The van der Waals surface area contributed by atoms with Crippen LogP contribution < -0.4 is 0 Å². The van der Waals surface area contributed by atoms with Gasteiger partial charge in [-0.2, -0.15) is 8.42 Å². The molecular formula is C13H18O8S. The van der Waals surface area contributed by atoms with Crippen LogP contribution in [0.25, 0.3) is 0 Å². The van der Waals surface area contributed by atoms with Crippen molar-refractivity contribution in [2.45, 2.75) is 42.5 Å². The molecule has 8 nitrogen and oxygen atoms in total. The van der Waals surface area contributed by atoms with Gasteiger partial charge in [0, 0.05) is 0 Å². The smallest absolute Gasteiger partial charge is 0.297 e. The predicted octanol–water partition coefficient (Wildman–Crippen LogP) is -1.50. The number of aryl methyl sites for hydroxylation is 1. The van der Waals surface area contributed by atoms with Gasteiger partial charge >= 0.3 is 0 Å². The van der Waals surface area contributed by atoms with Crippen LogP contribution in [0.3, 0.4) is 0 Å². The van der Waals surface area contributed by atoms with Crippen molar-refractivity contribution in [2.75, 3.05) is 6.61 Å². The van der Waals surface area contributed by atoms with E-state index in [9.17, 15) is 28.8 Å². The van der Waals surface area contributed by atoms with Gasteiger partial charge in [0.25, 0.3) is 10.1 Å². The zero-order valence-electron chi connectivity index (χ0n) is 11.7. The van der Waals surface area contributed by atoms with Crippen molar-refractivity contribution in [3.05, 3.63) is 29.8 Å². The van der Waals surface area contributed by atoms with Gasteiger partial charge in [-0.25, -0.2) is 0 Å². The summed E-state index contributed by atoms with van der Waals surface area (Å²) in [7, 11) is -4.07. The minimum absolute atomic E-state index is 0.0652. The molecule has 1 saturated heterocycles. The summed E-state index contributed by atoms with van der Waals surface area (Å²) in [6.07, 6.45) is -7.98. The molecule has 22 heavy (non-hydrogen) atoms. The number of rotatable bonds is 4. The van der Waals surface area contributed by atoms with Crippen molar-refractivity contribution in [1.82, 2.24) is 0 Å². The summed E-state index contributed by atoms with van der Waals surface area (Å²) in [6, 6.07) is 5.95. The number of aliphatic hydroxyl groups excluding tert-OH is 4. The van der Waals surface area contributed by atoms with Crippen molar-refractivity contribution in [1.29, 1.82) is 0 Å². The Labute approximate surface area is 127 Å². The van der Waals surface area contributed by atoms with Gasteiger partial charge in [0.1, 0.15) is 24.4 Å². The molecule has 1 heterocycles. The van der Waals surface area contributed by atoms with Gasteiger partial charge in [-0.15, -0.1) is 0 Å². The molecule has 4 N–H and O–H groups in total. The van der Waals surface area contributed by atoms with Crippen molar-refractivity contribution < 1.29 is 37.8 Å². The van der Waals surface area contributed by atoms with E-state index in [1.807, 2.05) is 0 Å². The second-order valence-electron chi connectivity index (χ2n) is 5.09. The largest absolute Gasteiger partial charge is 0.387 e. The molecule has 0 saturated carbocycles. The van der Waals surface area contributed by atoms with Gasteiger partial charge in [0.15, 0.2) is 6.29 Å². The number of hydrogen-bond acceptors (Lipinski definition) is 8. The molecule has 0 radical (unpaired) electrons. The zero-order valence-corrected chi connectivity index (χ0v) is 12.5. The number of ether oxygens (including phenoxy) is 1. The van der Waals surface area contributed by atoms with Crippen LogP contribution >= 0.6 is 0 Å². The van der Waals surface area contributed by atoms with E-state index >= 15 is 0 Å². The Kier molecular flexibility index (Phi) is 5.17. The lowest BCUT2D eigenvalue weighted by molar-refractivity contribution is -0.285. The van der Waals surface area contributed by atoms with E-state index in [4.69, 9.17) is 8.92 Å². The van der Waals surface area contributed by atoms with Crippen LogP contribution in [0.2, 0.25) is 0 Å². The van der Waals surface area contributed by atoms with Gasteiger partial charge < -0.3 is 25.2 Å². The monoisotopic (exact) mass is 334 g/mol. The molecule has 1 aliphatic rings. The summed E-state index contributed by atoms with van der Waals surface area (Å²) < 4.78 is 33.6. The standard InChI is InChI=1S/C13H18O8S/c1-7-2-4-8(5-3-7)22(18,19)20-6-9-10(14)11(15)12(16)13(17)21-9/h2-5,9-17H,6H2,1H3/t9?,10-,11-,12-,13?/m0/s1. The maximum Gasteiger partial charge on any atom is 0.297 e. The molecule has 9 heteroatoms. The van der Waals surface area contributed by atoms with E-state index in [1.54, 1.807) is 19.1 Å². The third-order valence-corrected chi connectivity index (χ3v) is 4.68. The van der Waals surface area contributed by atoms with E-state index < -0.39 is 47.4 Å². The second kappa shape index (κ2) is 6.59. The fourth-order valence-corrected chi connectivity index (χ4v) is 2.92. The molecule has 1 aromatic rings. The number of hydrogen-bond donors (Lipinski definition) is 4. The molecule has 0 aromatic heterocycles. The minimum atomic E-state index is -4.07. The highest BCUT2D eigenvalue weighted by Crippen LogP contribution is 2.21. The average Bonchev–Trinajstić information content (AvgIpc) is 2.48. The van der Waals surface area contributed by atoms with Gasteiger partial charge in [0.05, 0.1) is 11.5 Å². The summed E-state index contributed by atoms with van der Waals surface area (Å²) in [4.78, 5) is -0.0652. The molecule has 2 unspecified atom stereocenters. The molecule has 1 aliphatic heterocycles. The summed E-state index contributed by atoms with van der Waals surface area (Å²) in [5.41, 5.74) is 0.880. The predicted molar refractivity (Wildman–Crippen MR) is 73.2 cm³/mol. The zero-order chi connectivity index (χ0) is 16.5. The Hall–Kier alpha value is -1.07. The molecule has 0 amide bonds. The fourth-order valence-electron chi connectivity index (χ4n) is 2.00. The molecular weight excluding hydrogens is 316 g/mol. The molecule has 124 valence electrons. The highest BCUT2D eigenvalue weighted by atomic mass is 32.2. The Morgan fingerprint density at radius 2 is 1.64 bits per heavy atom. The van der Waals surface area contributed by atoms with E-state index in [1.165, 1.54) is 12.1 Å². The summed E-state index contributed by atoms with van der Waals surface area (Å²) in [5.74, 6) is 0. The SMILES string of the molecule is Cc1ccc(S(=O)(=O)OCC2OC(O)[C@@H](O)[C@@H](O)[C@H]2O)cc1. The lowest BCUT2D eigenvalue weighted by Crippen LogP contribution is -2.58. The Balaban J connectivity index is 2.04. The third kappa shape index (κ3) is 3.63. The van der Waals surface area contributed by atoms with E-state index in [-0.39, 0.29) is 4.90 Å². The quantitative estimate of drug-likeness (QED) is 0.489. The summed E-state index contributed by atoms with van der Waals surface area (Å²) >= 11 is 0. The van der Waals surface area contributed by atoms with E-state index in [0.29, 0.717) is 0 Å². The third-order valence-electron chi connectivity index (χ3n) is 3.38. The van der Waals surface area contributed by atoms with Crippen LogP contribution in [0, 0.1) is 6.92 Å². The van der Waals surface area contributed by atoms with E-state index in [2.05, 4.69) is 0 Å². The molecule has 0 aliphatic carbocycles.